The molecule has 3 aromatic rings. The number of fused-ring (bicyclic) bond motifs is 1. The molecule has 0 aliphatic carbocycles. The Kier molecular flexibility index (Phi) is 5.27. The average Bonchev–Trinajstić information content (AvgIpc) is 3.36. The van der Waals surface area contributed by atoms with E-state index in [1.807, 2.05) is 30.3 Å². The van der Waals surface area contributed by atoms with Crippen LogP contribution in [0.25, 0.3) is 10.6 Å². The molecule has 0 spiro atoms. The zero-order chi connectivity index (χ0) is 18.6. The number of rotatable bonds is 7. The molecule has 2 aromatic carbocycles. The molecule has 27 heavy (non-hydrogen) atoms. The van der Waals surface area contributed by atoms with Crippen molar-refractivity contribution >= 4 is 11.3 Å². The van der Waals surface area contributed by atoms with Gasteiger partial charge in [0.25, 0.3) is 0 Å². The summed E-state index contributed by atoms with van der Waals surface area (Å²) < 4.78 is 16.1. The lowest BCUT2D eigenvalue weighted by molar-refractivity contribution is 0.174. The molecule has 0 saturated heterocycles. The van der Waals surface area contributed by atoms with Gasteiger partial charge in [-0.25, -0.2) is 4.98 Å². The third-order valence-electron chi connectivity index (χ3n) is 4.56. The molecule has 0 fully saturated rings. The first-order chi connectivity index (χ1) is 13.2. The van der Waals surface area contributed by atoms with Gasteiger partial charge in [0.15, 0.2) is 11.5 Å². The summed E-state index contributed by atoms with van der Waals surface area (Å²) in [6.07, 6.45) is 0. The van der Waals surface area contributed by atoms with Crippen LogP contribution in [0.4, 0.5) is 0 Å². The van der Waals surface area contributed by atoms with E-state index >= 15 is 0 Å². The number of methoxy groups -OCH3 is 1. The minimum Gasteiger partial charge on any atom is -0.497 e. The van der Waals surface area contributed by atoms with E-state index in [9.17, 15) is 0 Å². The second kappa shape index (κ2) is 7.98. The summed E-state index contributed by atoms with van der Waals surface area (Å²) in [5, 5.41) is 3.17. The lowest BCUT2D eigenvalue weighted by Gasteiger charge is -2.19. The SMILES string of the molecule is CCN(Cc1ccc2c(c1)OCO2)Cc1csc(-c2ccc(OC)cc2)n1. The first-order valence-electron chi connectivity index (χ1n) is 8.95. The van der Waals surface area contributed by atoms with E-state index in [1.54, 1.807) is 18.4 Å². The number of nitrogens with zero attached hydrogens (tertiary/aromatic N) is 2. The molecule has 0 atom stereocenters. The van der Waals surface area contributed by atoms with Crippen LogP contribution in [0.2, 0.25) is 0 Å². The van der Waals surface area contributed by atoms with Gasteiger partial charge in [0.2, 0.25) is 6.79 Å². The van der Waals surface area contributed by atoms with E-state index in [4.69, 9.17) is 19.2 Å². The van der Waals surface area contributed by atoms with Gasteiger partial charge >= 0.3 is 0 Å². The number of aromatic nitrogens is 1. The Hall–Kier alpha value is -2.57. The van der Waals surface area contributed by atoms with Gasteiger partial charge < -0.3 is 14.2 Å². The topological polar surface area (TPSA) is 43.8 Å². The van der Waals surface area contributed by atoms with Crippen molar-refractivity contribution in [2.45, 2.75) is 20.0 Å². The van der Waals surface area contributed by atoms with Crippen LogP contribution in [-0.4, -0.2) is 30.3 Å². The normalized spacial score (nSPS) is 12.6. The molecule has 0 amide bonds. The predicted molar refractivity (Wildman–Crippen MR) is 106 cm³/mol. The lowest BCUT2D eigenvalue weighted by Crippen LogP contribution is -2.22. The van der Waals surface area contributed by atoms with Gasteiger partial charge in [-0.3, -0.25) is 4.90 Å². The van der Waals surface area contributed by atoms with Crippen molar-refractivity contribution in [1.29, 1.82) is 0 Å². The van der Waals surface area contributed by atoms with E-state index in [1.165, 1.54) is 5.56 Å². The molecule has 2 heterocycles. The standard InChI is InChI=1S/C21H22N2O3S/c1-3-23(11-15-4-9-19-20(10-15)26-14-25-19)12-17-13-27-21(22-17)16-5-7-18(24-2)8-6-16/h4-10,13H,3,11-12,14H2,1-2H3. The molecule has 0 saturated carbocycles. The van der Waals surface area contributed by atoms with E-state index in [0.29, 0.717) is 6.79 Å². The monoisotopic (exact) mass is 382 g/mol. The third kappa shape index (κ3) is 4.07. The van der Waals surface area contributed by atoms with Gasteiger partial charge in [0.05, 0.1) is 12.8 Å². The highest BCUT2D eigenvalue weighted by molar-refractivity contribution is 7.13. The summed E-state index contributed by atoms with van der Waals surface area (Å²) in [6.45, 7) is 5.09. The maximum Gasteiger partial charge on any atom is 0.231 e. The second-order valence-electron chi connectivity index (χ2n) is 6.36. The maximum atomic E-state index is 5.48. The van der Waals surface area contributed by atoms with E-state index in [-0.39, 0.29) is 0 Å². The minimum atomic E-state index is 0.309. The fourth-order valence-corrected chi connectivity index (χ4v) is 3.87. The van der Waals surface area contributed by atoms with Gasteiger partial charge in [-0.15, -0.1) is 11.3 Å². The van der Waals surface area contributed by atoms with Crippen LogP contribution >= 0.6 is 11.3 Å². The summed E-state index contributed by atoms with van der Waals surface area (Å²) in [7, 11) is 1.68. The quantitative estimate of drug-likeness (QED) is 0.599. The highest BCUT2D eigenvalue weighted by Crippen LogP contribution is 2.33. The van der Waals surface area contributed by atoms with Crippen molar-refractivity contribution in [3.05, 3.63) is 59.1 Å². The summed E-state index contributed by atoms with van der Waals surface area (Å²) in [4.78, 5) is 7.18. The van der Waals surface area contributed by atoms with Gasteiger partial charge in [-0.05, 0) is 48.5 Å². The van der Waals surface area contributed by atoms with Crippen LogP contribution in [-0.2, 0) is 13.1 Å². The molecule has 0 N–H and O–H groups in total. The fraction of sp³-hybridized carbons (Fsp3) is 0.286. The predicted octanol–water partition coefficient (Wildman–Crippen LogP) is 4.57. The summed E-state index contributed by atoms with van der Waals surface area (Å²) in [6, 6.07) is 14.2. The van der Waals surface area contributed by atoms with Crippen molar-refractivity contribution in [2.75, 3.05) is 20.4 Å². The van der Waals surface area contributed by atoms with E-state index in [0.717, 1.165) is 53.1 Å². The zero-order valence-corrected chi connectivity index (χ0v) is 16.3. The Morgan fingerprint density at radius 1 is 1.07 bits per heavy atom. The van der Waals surface area contributed by atoms with Crippen LogP contribution in [0.3, 0.4) is 0 Å². The van der Waals surface area contributed by atoms with Crippen molar-refractivity contribution in [3.63, 3.8) is 0 Å². The van der Waals surface area contributed by atoms with E-state index in [2.05, 4.69) is 29.3 Å². The highest BCUT2D eigenvalue weighted by atomic mass is 32.1. The Bertz CT molecular complexity index is 908. The van der Waals surface area contributed by atoms with Gasteiger partial charge in [-0.1, -0.05) is 13.0 Å². The molecule has 1 aliphatic heterocycles. The Balaban J connectivity index is 1.43. The van der Waals surface area contributed by atoms with Crippen LogP contribution in [0.1, 0.15) is 18.2 Å². The Labute approximate surface area is 163 Å². The number of thiazole rings is 1. The van der Waals surface area contributed by atoms with Crippen molar-refractivity contribution in [3.8, 4) is 27.8 Å². The van der Waals surface area contributed by atoms with Gasteiger partial charge in [0, 0.05) is 24.0 Å². The summed E-state index contributed by atoms with van der Waals surface area (Å²) in [5.41, 5.74) is 3.42. The molecule has 140 valence electrons. The van der Waals surface area contributed by atoms with Gasteiger partial charge in [-0.2, -0.15) is 0 Å². The molecular weight excluding hydrogens is 360 g/mol. The molecule has 0 radical (unpaired) electrons. The molecular formula is C21H22N2O3S. The van der Waals surface area contributed by atoms with Crippen molar-refractivity contribution < 1.29 is 14.2 Å². The Morgan fingerprint density at radius 2 is 1.89 bits per heavy atom. The Morgan fingerprint density at radius 3 is 2.67 bits per heavy atom. The second-order valence-corrected chi connectivity index (χ2v) is 7.22. The smallest absolute Gasteiger partial charge is 0.231 e. The van der Waals surface area contributed by atoms with E-state index < -0.39 is 0 Å². The molecule has 0 bridgehead atoms. The third-order valence-corrected chi connectivity index (χ3v) is 5.50. The van der Waals surface area contributed by atoms with Crippen molar-refractivity contribution in [2.24, 2.45) is 0 Å². The minimum absolute atomic E-state index is 0.309. The highest BCUT2D eigenvalue weighted by Gasteiger charge is 2.15. The number of benzene rings is 2. The molecule has 1 aromatic heterocycles. The largest absolute Gasteiger partial charge is 0.497 e. The zero-order valence-electron chi connectivity index (χ0n) is 15.5. The summed E-state index contributed by atoms with van der Waals surface area (Å²) in [5.74, 6) is 2.51. The van der Waals surface area contributed by atoms with Crippen LogP contribution < -0.4 is 14.2 Å². The maximum absolute atomic E-state index is 5.48. The fourth-order valence-electron chi connectivity index (χ4n) is 3.05. The van der Waals surface area contributed by atoms with Crippen LogP contribution in [0.15, 0.2) is 47.8 Å². The molecule has 4 rings (SSSR count). The molecule has 1 aliphatic rings. The van der Waals surface area contributed by atoms with Gasteiger partial charge in [0.1, 0.15) is 10.8 Å². The van der Waals surface area contributed by atoms with Crippen LogP contribution in [0, 0.1) is 0 Å². The van der Waals surface area contributed by atoms with Crippen LogP contribution in [0.5, 0.6) is 17.2 Å². The molecule has 6 heteroatoms. The van der Waals surface area contributed by atoms with Crippen molar-refractivity contribution in [1.82, 2.24) is 9.88 Å². The summed E-state index contributed by atoms with van der Waals surface area (Å²) >= 11 is 1.68. The number of hydrogen-bond acceptors (Lipinski definition) is 6. The number of ether oxygens (including phenoxy) is 3. The molecule has 5 nitrogen and oxygen atoms in total. The lowest BCUT2D eigenvalue weighted by atomic mass is 10.2. The average molecular weight is 382 g/mol. The number of hydrogen-bond donors (Lipinski definition) is 0. The first-order valence-corrected chi connectivity index (χ1v) is 9.83. The first kappa shape index (κ1) is 17.8. The molecule has 0 unspecified atom stereocenters.